The number of halogens is 2. The van der Waals surface area contributed by atoms with Gasteiger partial charge in [-0.1, -0.05) is 0 Å². The first kappa shape index (κ1) is 13.1. The molecule has 2 rings (SSSR count). The van der Waals surface area contributed by atoms with Crippen LogP contribution in [0.15, 0.2) is 36.8 Å². The summed E-state index contributed by atoms with van der Waals surface area (Å²) in [6.45, 7) is 1.74. The van der Waals surface area contributed by atoms with Gasteiger partial charge in [0.05, 0.1) is 11.6 Å². The number of nitrogens with one attached hydrogen (secondary N) is 1. The molecule has 0 saturated carbocycles. The summed E-state index contributed by atoms with van der Waals surface area (Å²) in [5, 5.41) is 2.58. The molecule has 6 heteroatoms. The third-order valence-corrected chi connectivity index (χ3v) is 2.65. The number of pyridine rings is 2. The van der Waals surface area contributed by atoms with Crippen LogP contribution in [-0.2, 0) is 0 Å². The van der Waals surface area contributed by atoms with Crippen molar-refractivity contribution in [3.05, 3.63) is 59.7 Å². The highest BCUT2D eigenvalue weighted by Gasteiger charge is 2.18. The Morgan fingerprint density at radius 3 is 2.58 bits per heavy atom. The van der Waals surface area contributed by atoms with E-state index < -0.39 is 17.7 Å². The molecular formula is C13H11F2N3O. The summed E-state index contributed by atoms with van der Waals surface area (Å²) < 4.78 is 26.3. The summed E-state index contributed by atoms with van der Waals surface area (Å²) in [5.41, 5.74) is 0.451. The van der Waals surface area contributed by atoms with Crippen LogP contribution in [0.4, 0.5) is 8.78 Å². The molecule has 0 aliphatic carbocycles. The van der Waals surface area contributed by atoms with Crippen molar-refractivity contribution in [1.29, 1.82) is 0 Å². The molecule has 4 nitrogen and oxygen atoms in total. The third kappa shape index (κ3) is 2.90. The highest BCUT2D eigenvalue weighted by Crippen LogP contribution is 2.13. The van der Waals surface area contributed by atoms with Gasteiger partial charge in [0.1, 0.15) is 0 Å². The number of hydrogen-bond donors (Lipinski definition) is 1. The van der Waals surface area contributed by atoms with Gasteiger partial charge in [0.15, 0.2) is 5.82 Å². The van der Waals surface area contributed by atoms with E-state index in [2.05, 4.69) is 15.3 Å². The molecule has 0 saturated heterocycles. The Morgan fingerprint density at radius 1 is 1.21 bits per heavy atom. The number of carbonyl (C=O) groups excluding carboxylic acids is 1. The van der Waals surface area contributed by atoms with Crippen LogP contribution in [0.3, 0.4) is 0 Å². The quantitative estimate of drug-likeness (QED) is 0.864. The molecular weight excluding hydrogens is 252 g/mol. The van der Waals surface area contributed by atoms with Crippen LogP contribution in [0.1, 0.15) is 28.9 Å². The van der Waals surface area contributed by atoms with Crippen LogP contribution in [0.25, 0.3) is 0 Å². The predicted octanol–water partition coefficient (Wildman–Crippen LogP) is 2.25. The highest BCUT2D eigenvalue weighted by atomic mass is 19.2. The van der Waals surface area contributed by atoms with E-state index in [1.165, 1.54) is 0 Å². The molecule has 1 unspecified atom stereocenters. The molecule has 19 heavy (non-hydrogen) atoms. The van der Waals surface area contributed by atoms with Crippen LogP contribution in [0.5, 0.6) is 0 Å². The van der Waals surface area contributed by atoms with E-state index in [9.17, 15) is 13.6 Å². The Labute approximate surface area is 108 Å². The van der Waals surface area contributed by atoms with E-state index in [4.69, 9.17) is 0 Å². The van der Waals surface area contributed by atoms with Gasteiger partial charge >= 0.3 is 0 Å². The maximum Gasteiger partial charge on any atom is 0.254 e. The number of nitrogens with zero attached hydrogens (tertiary/aromatic N) is 2. The van der Waals surface area contributed by atoms with Gasteiger partial charge < -0.3 is 5.32 Å². The normalized spacial score (nSPS) is 11.9. The van der Waals surface area contributed by atoms with E-state index in [1.807, 2.05) is 0 Å². The Bertz CT molecular complexity index is 590. The lowest BCUT2D eigenvalue weighted by Gasteiger charge is -2.14. The van der Waals surface area contributed by atoms with Crippen LogP contribution >= 0.6 is 0 Å². The van der Waals surface area contributed by atoms with Crippen molar-refractivity contribution in [3.63, 3.8) is 0 Å². The summed E-state index contributed by atoms with van der Waals surface area (Å²) in [6.07, 6.45) is 4.22. The number of rotatable bonds is 3. The first-order chi connectivity index (χ1) is 9.09. The summed E-state index contributed by atoms with van der Waals surface area (Å²) in [6, 6.07) is 4.25. The Balaban J connectivity index is 2.16. The number of hydrogen-bond acceptors (Lipinski definition) is 3. The molecule has 1 amide bonds. The SMILES string of the molecule is CC(NC(=O)c1ccnc(F)c1F)c1ccncc1. The van der Waals surface area contributed by atoms with Crippen molar-refractivity contribution in [2.45, 2.75) is 13.0 Å². The molecule has 0 aliphatic heterocycles. The Kier molecular flexibility index (Phi) is 3.79. The maximum atomic E-state index is 13.4. The van der Waals surface area contributed by atoms with Crippen molar-refractivity contribution in [2.75, 3.05) is 0 Å². The van der Waals surface area contributed by atoms with E-state index in [0.29, 0.717) is 0 Å². The van der Waals surface area contributed by atoms with Gasteiger partial charge in [-0.25, -0.2) is 9.37 Å². The monoisotopic (exact) mass is 263 g/mol. The summed E-state index contributed by atoms with van der Waals surface area (Å²) in [4.78, 5) is 18.8. The van der Waals surface area contributed by atoms with E-state index in [0.717, 1.165) is 17.8 Å². The van der Waals surface area contributed by atoms with Gasteiger partial charge in [0, 0.05) is 18.6 Å². The van der Waals surface area contributed by atoms with E-state index in [-0.39, 0.29) is 11.6 Å². The molecule has 0 aromatic carbocycles. The summed E-state index contributed by atoms with van der Waals surface area (Å²) in [7, 11) is 0. The van der Waals surface area contributed by atoms with Crippen LogP contribution in [0, 0.1) is 11.8 Å². The van der Waals surface area contributed by atoms with Crippen molar-refractivity contribution in [1.82, 2.24) is 15.3 Å². The van der Waals surface area contributed by atoms with Crippen LogP contribution < -0.4 is 5.32 Å². The third-order valence-electron chi connectivity index (χ3n) is 2.65. The largest absolute Gasteiger partial charge is 0.345 e. The van der Waals surface area contributed by atoms with Gasteiger partial charge in [-0.15, -0.1) is 0 Å². The fourth-order valence-electron chi connectivity index (χ4n) is 1.60. The molecule has 2 heterocycles. The second kappa shape index (κ2) is 5.51. The topological polar surface area (TPSA) is 54.9 Å². The first-order valence-electron chi connectivity index (χ1n) is 5.60. The Morgan fingerprint density at radius 2 is 1.89 bits per heavy atom. The zero-order valence-electron chi connectivity index (χ0n) is 10.1. The van der Waals surface area contributed by atoms with Crippen molar-refractivity contribution in [2.24, 2.45) is 0 Å². The van der Waals surface area contributed by atoms with Gasteiger partial charge in [0.25, 0.3) is 5.91 Å². The summed E-state index contributed by atoms with van der Waals surface area (Å²) >= 11 is 0. The maximum absolute atomic E-state index is 13.4. The molecule has 0 radical (unpaired) electrons. The molecule has 98 valence electrons. The minimum atomic E-state index is -1.29. The Hall–Kier alpha value is -2.37. The smallest absolute Gasteiger partial charge is 0.254 e. The van der Waals surface area contributed by atoms with Crippen molar-refractivity contribution < 1.29 is 13.6 Å². The molecule has 2 aromatic rings. The zero-order chi connectivity index (χ0) is 13.8. The number of carbonyl (C=O) groups is 1. The number of aromatic nitrogens is 2. The van der Waals surface area contributed by atoms with Crippen LogP contribution in [0.2, 0.25) is 0 Å². The molecule has 0 fully saturated rings. The lowest BCUT2D eigenvalue weighted by molar-refractivity contribution is 0.0934. The molecule has 1 N–H and O–H groups in total. The molecule has 2 aromatic heterocycles. The van der Waals surface area contributed by atoms with Gasteiger partial charge in [-0.05, 0) is 30.7 Å². The average Bonchev–Trinajstić information content (AvgIpc) is 2.42. The van der Waals surface area contributed by atoms with E-state index in [1.54, 1.807) is 31.5 Å². The summed E-state index contributed by atoms with van der Waals surface area (Å²) in [5.74, 6) is -3.23. The van der Waals surface area contributed by atoms with Crippen LogP contribution in [-0.4, -0.2) is 15.9 Å². The molecule has 1 atom stereocenters. The predicted molar refractivity (Wildman–Crippen MR) is 64.3 cm³/mol. The standard InChI is InChI=1S/C13H11F2N3O/c1-8(9-2-5-16-6-3-9)18-13(19)10-4-7-17-12(15)11(10)14/h2-8H,1H3,(H,18,19). The number of amides is 1. The van der Waals surface area contributed by atoms with Crippen molar-refractivity contribution >= 4 is 5.91 Å². The molecule has 0 aliphatic rings. The minimum Gasteiger partial charge on any atom is -0.345 e. The highest BCUT2D eigenvalue weighted by molar-refractivity contribution is 5.94. The van der Waals surface area contributed by atoms with Gasteiger partial charge in [0.2, 0.25) is 5.95 Å². The average molecular weight is 263 g/mol. The lowest BCUT2D eigenvalue weighted by atomic mass is 10.1. The zero-order valence-corrected chi connectivity index (χ0v) is 10.1. The molecule has 0 spiro atoms. The first-order valence-corrected chi connectivity index (χ1v) is 5.60. The molecule has 0 bridgehead atoms. The van der Waals surface area contributed by atoms with Gasteiger partial charge in [-0.3, -0.25) is 9.78 Å². The second-order valence-electron chi connectivity index (χ2n) is 3.94. The fraction of sp³-hybridized carbons (Fsp3) is 0.154. The van der Waals surface area contributed by atoms with E-state index >= 15 is 0 Å². The fourth-order valence-corrected chi connectivity index (χ4v) is 1.60. The lowest BCUT2D eigenvalue weighted by Crippen LogP contribution is -2.27. The van der Waals surface area contributed by atoms with Crippen molar-refractivity contribution in [3.8, 4) is 0 Å². The second-order valence-corrected chi connectivity index (χ2v) is 3.94. The van der Waals surface area contributed by atoms with Gasteiger partial charge in [-0.2, -0.15) is 4.39 Å². The minimum absolute atomic E-state index is 0.342.